The van der Waals surface area contributed by atoms with E-state index in [1.807, 2.05) is 24.3 Å². The molecule has 23 heavy (non-hydrogen) atoms. The normalized spacial score (nSPS) is 13.8. The van der Waals surface area contributed by atoms with E-state index in [0.717, 1.165) is 23.8 Å². The first kappa shape index (κ1) is 17.4. The van der Waals surface area contributed by atoms with Gasteiger partial charge in [0, 0.05) is 5.92 Å². The minimum Gasteiger partial charge on any atom is -0.388 e. The summed E-state index contributed by atoms with van der Waals surface area (Å²) in [4.78, 5) is 11.2. The molecule has 0 aliphatic rings. The first-order valence-electron chi connectivity index (χ1n) is 8.30. The van der Waals surface area contributed by atoms with E-state index in [1.54, 1.807) is 0 Å². The Morgan fingerprint density at radius 1 is 0.913 bits per heavy atom. The number of aliphatic hydroxyl groups excluding tert-OH is 1. The first-order valence-corrected chi connectivity index (χ1v) is 8.30. The number of hydrogen-bond acceptors (Lipinski definition) is 2. The van der Waals surface area contributed by atoms with Crippen LogP contribution in [0.2, 0.25) is 0 Å². The highest BCUT2D eigenvalue weighted by molar-refractivity contribution is 5.64. The van der Waals surface area contributed by atoms with E-state index >= 15 is 0 Å². The molecule has 0 heterocycles. The van der Waals surface area contributed by atoms with Gasteiger partial charge in [-0.05, 0) is 42.4 Å². The van der Waals surface area contributed by atoms with Gasteiger partial charge in [0.05, 0.1) is 6.10 Å². The van der Waals surface area contributed by atoms with Crippen LogP contribution < -0.4 is 0 Å². The Morgan fingerprint density at radius 3 is 1.91 bits per heavy atom. The number of carbonyl (C=O) groups excluding carboxylic acids is 1. The number of rotatable bonds is 7. The smallest absolute Gasteiger partial charge is 0.123 e. The molecule has 0 aliphatic carbocycles. The van der Waals surface area contributed by atoms with Crippen molar-refractivity contribution >= 4 is 6.29 Å². The molecule has 0 fully saturated rings. The highest BCUT2D eigenvalue weighted by atomic mass is 16.3. The van der Waals surface area contributed by atoms with Crippen molar-refractivity contribution in [2.45, 2.75) is 39.7 Å². The third kappa shape index (κ3) is 5.04. The van der Waals surface area contributed by atoms with Crippen LogP contribution in [0.25, 0.3) is 11.1 Å². The van der Waals surface area contributed by atoms with E-state index in [1.165, 1.54) is 11.1 Å². The van der Waals surface area contributed by atoms with Crippen LogP contribution in [0.4, 0.5) is 0 Å². The summed E-state index contributed by atoms with van der Waals surface area (Å²) < 4.78 is 0. The summed E-state index contributed by atoms with van der Waals surface area (Å²) in [5.41, 5.74) is 4.42. The molecule has 2 rings (SSSR count). The van der Waals surface area contributed by atoms with Crippen LogP contribution in [0.15, 0.2) is 48.5 Å². The van der Waals surface area contributed by atoms with Gasteiger partial charge in [-0.25, -0.2) is 0 Å². The van der Waals surface area contributed by atoms with Crippen LogP contribution in [0.3, 0.4) is 0 Å². The van der Waals surface area contributed by atoms with Gasteiger partial charge in [0.15, 0.2) is 0 Å². The lowest BCUT2D eigenvalue weighted by Gasteiger charge is -2.17. The number of carbonyl (C=O) groups is 1. The largest absolute Gasteiger partial charge is 0.388 e. The Kier molecular flexibility index (Phi) is 6.12. The Bertz CT molecular complexity index is 611. The van der Waals surface area contributed by atoms with Crippen LogP contribution in [0, 0.1) is 18.8 Å². The molecular weight excluding hydrogens is 284 g/mol. The molecule has 2 aromatic carbocycles. The van der Waals surface area contributed by atoms with Crippen LogP contribution in [0.1, 0.15) is 43.9 Å². The second-order valence-electron chi connectivity index (χ2n) is 6.77. The fourth-order valence-corrected chi connectivity index (χ4v) is 2.88. The first-order chi connectivity index (χ1) is 11.0. The molecule has 0 radical (unpaired) electrons. The highest BCUT2D eigenvalue weighted by Gasteiger charge is 2.16. The quantitative estimate of drug-likeness (QED) is 0.735. The van der Waals surface area contributed by atoms with E-state index in [4.69, 9.17) is 0 Å². The predicted molar refractivity (Wildman–Crippen MR) is 95.2 cm³/mol. The average Bonchev–Trinajstić information content (AvgIpc) is 2.54. The Balaban J connectivity index is 2.06. The van der Waals surface area contributed by atoms with Gasteiger partial charge in [-0.3, -0.25) is 0 Å². The van der Waals surface area contributed by atoms with Gasteiger partial charge in [-0.1, -0.05) is 67.9 Å². The van der Waals surface area contributed by atoms with Gasteiger partial charge in [-0.15, -0.1) is 0 Å². The molecule has 0 saturated heterocycles. The molecule has 2 atom stereocenters. The zero-order chi connectivity index (χ0) is 16.8. The molecule has 122 valence electrons. The Morgan fingerprint density at radius 2 is 1.43 bits per heavy atom. The molecule has 0 saturated carbocycles. The number of aldehydes is 1. The van der Waals surface area contributed by atoms with Crippen molar-refractivity contribution in [2.24, 2.45) is 11.8 Å². The van der Waals surface area contributed by atoms with Gasteiger partial charge in [0.1, 0.15) is 6.29 Å². The van der Waals surface area contributed by atoms with Crippen LogP contribution in [-0.4, -0.2) is 11.4 Å². The molecule has 0 aliphatic heterocycles. The van der Waals surface area contributed by atoms with E-state index in [2.05, 4.69) is 45.0 Å². The van der Waals surface area contributed by atoms with Gasteiger partial charge < -0.3 is 9.90 Å². The van der Waals surface area contributed by atoms with Crippen molar-refractivity contribution in [3.05, 3.63) is 59.7 Å². The molecule has 0 bridgehead atoms. The van der Waals surface area contributed by atoms with Crippen LogP contribution in [0.5, 0.6) is 0 Å². The number of hydrogen-bond donors (Lipinski definition) is 1. The summed E-state index contributed by atoms with van der Waals surface area (Å²) in [5.74, 6) is 0.378. The van der Waals surface area contributed by atoms with Gasteiger partial charge in [0.25, 0.3) is 0 Å². The van der Waals surface area contributed by atoms with Crippen molar-refractivity contribution in [3.8, 4) is 11.1 Å². The second kappa shape index (κ2) is 8.07. The molecular formula is C21H26O2. The maximum Gasteiger partial charge on any atom is 0.123 e. The molecule has 0 aromatic heterocycles. The SMILES string of the molecule is Cc1ccc(-c2ccc(C(O)CC(C=O)CC(C)C)cc2)cc1. The third-order valence-corrected chi connectivity index (χ3v) is 4.17. The summed E-state index contributed by atoms with van der Waals surface area (Å²) in [7, 11) is 0. The minimum absolute atomic E-state index is 0.0817. The second-order valence-corrected chi connectivity index (χ2v) is 6.77. The van der Waals surface area contributed by atoms with Gasteiger partial charge in [0.2, 0.25) is 0 Å². The summed E-state index contributed by atoms with van der Waals surface area (Å²) in [6.45, 7) is 6.27. The lowest BCUT2D eigenvalue weighted by molar-refractivity contribution is -0.112. The van der Waals surface area contributed by atoms with Gasteiger partial charge in [-0.2, -0.15) is 0 Å². The Labute approximate surface area is 139 Å². The van der Waals surface area contributed by atoms with Crippen molar-refractivity contribution < 1.29 is 9.90 Å². The van der Waals surface area contributed by atoms with Crippen molar-refractivity contribution in [3.63, 3.8) is 0 Å². The molecule has 1 N–H and O–H groups in total. The van der Waals surface area contributed by atoms with Crippen molar-refractivity contribution in [2.75, 3.05) is 0 Å². The van der Waals surface area contributed by atoms with E-state index in [-0.39, 0.29) is 5.92 Å². The topological polar surface area (TPSA) is 37.3 Å². The monoisotopic (exact) mass is 310 g/mol. The lowest BCUT2D eigenvalue weighted by Crippen LogP contribution is -2.11. The van der Waals surface area contributed by atoms with Crippen molar-refractivity contribution in [1.82, 2.24) is 0 Å². The number of aryl methyl sites for hydroxylation is 1. The fourth-order valence-electron chi connectivity index (χ4n) is 2.88. The maximum absolute atomic E-state index is 11.2. The number of benzene rings is 2. The van der Waals surface area contributed by atoms with Crippen LogP contribution in [-0.2, 0) is 4.79 Å². The fraction of sp³-hybridized carbons (Fsp3) is 0.381. The third-order valence-electron chi connectivity index (χ3n) is 4.17. The summed E-state index contributed by atoms with van der Waals surface area (Å²) >= 11 is 0. The van der Waals surface area contributed by atoms with Gasteiger partial charge >= 0.3 is 0 Å². The number of aliphatic hydroxyl groups is 1. The molecule has 2 unspecified atom stereocenters. The zero-order valence-corrected chi connectivity index (χ0v) is 14.2. The molecule has 2 aromatic rings. The van der Waals surface area contributed by atoms with E-state index in [0.29, 0.717) is 12.3 Å². The highest BCUT2D eigenvalue weighted by Crippen LogP contribution is 2.27. The molecule has 2 heteroatoms. The average molecular weight is 310 g/mol. The zero-order valence-electron chi connectivity index (χ0n) is 14.2. The summed E-state index contributed by atoms with van der Waals surface area (Å²) in [6, 6.07) is 16.4. The maximum atomic E-state index is 11.2. The minimum atomic E-state index is -0.587. The van der Waals surface area contributed by atoms with Crippen molar-refractivity contribution in [1.29, 1.82) is 0 Å². The van der Waals surface area contributed by atoms with E-state index < -0.39 is 6.10 Å². The summed E-state index contributed by atoms with van der Waals surface area (Å²) in [5, 5.41) is 10.4. The predicted octanol–water partition coefficient (Wildman–Crippen LogP) is 4.95. The van der Waals surface area contributed by atoms with E-state index in [9.17, 15) is 9.90 Å². The molecule has 2 nitrogen and oxygen atoms in total. The lowest BCUT2D eigenvalue weighted by atomic mass is 9.90. The molecule has 0 spiro atoms. The molecule has 0 amide bonds. The summed E-state index contributed by atoms with van der Waals surface area (Å²) in [6.07, 6.45) is 1.70. The standard InChI is InChI=1S/C21H26O2/c1-15(2)12-17(14-22)13-21(23)20-10-8-19(9-11-20)18-6-4-16(3)5-7-18/h4-11,14-15,17,21,23H,12-13H2,1-3H3. The van der Waals surface area contributed by atoms with Crippen LogP contribution >= 0.6 is 0 Å². The Hall–Kier alpha value is -1.93.